The molecule has 0 saturated heterocycles. The number of imidazole rings is 1. The maximum atomic E-state index is 12.8. The highest BCUT2D eigenvalue weighted by Crippen LogP contribution is 2.20. The maximum Gasteiger partial charge on any atom is 0.255 e. The summed E-state index contributed by atoms with van der Waals surface area (Å²) >= 11 is 0. The van der Waals surface area contributed by atoms with Crippen molar-refractivity contribution in [1.29, 1.82) is 5.26 Å². The zero-order valence-corrected chi connectivity index (χ0v) is 18.8. The number of carbonyl (C=O) groups is 2. The third-order valence-electron chi connectivity index (χ3n) is 5.12. The summed E-state index contributed by atoms with van der Waals surface area (Å²) in [6, 6.07) is 23.2. The second-order valence-corrected chi connectivity index (χ2v) is 7.76. The van der Waals surface area contributed by atoms with E-state index >= 15 is 0 Å². The second-order valence-electron chi connectivity index (χ2n) is 7.76. The first-order chi connectivity index (χ1) is 17.1. The van der Waals surface area contributed by atoms with Crippen LogP contribution < -0.4 is 15.4 Å². The molecule has 0 aliphatic carbocycles. The van der Waals surface area contributed by atoms with Crippen molar-refractivity contribution in [2.24, 2.45) is 0 Å². The topological polar surface area (TPSA) is 109 Å². The Balaban J connectivity index is 1.33. The molecular formula is C27H23N5O3. The summed E-state index contributed by atoms with van der Waals surface area (Å²) in [4.78, 5) is 29.0. The lowest BCUT2D eigenvalue weighted by atomic mass is 10.1. The number of amides is 2. The van der Waals surface area contributed by atoms with E-state index in [0.29, 0.717) is 47.8 Å². The van der Waals surface area contributed by atoms with Gasteiger partial charge in [-0.2, -0.15) is 5.26 Å². The lowest BCUT2D eigenvalue weighted by Gasteiger charge is -2.11. The van der Waals surface area contributed by atoms with Gasteiger partial charge in [0.25, 0.3) is 5.91 Å². The van der Waals surface area contributed by atoms with E-state index in [4.69, 9.17) is 10.00 Å². The van der Waals surface area contributed by atoms with Crippen molar-refractivity contribution < 1.29 is 14.3 Å². The fourth-order valence-corrected chi connectivity index (χ4v) is 3.38. The van der Waals surface area contributed by atoms with Gasteiger partial charge in [0.2, 0.25) is 5.91 Å². The van der Waals surface area contributed by atoms with Crippen LogP contribution in [-0.4, -0.2) is 21.4 Å². The van der Waals surface area contributed by atoms with E-state index in [1.165, 1.54) is 0 Å². The number of ether oxygens (including phenoxy) is 1. The van der Waals surface area contributed by atoms with Gasteiger partial charge >= 0.3 is 0 Å². The van der Waals surface area contributed by atoms with E-state index in [1.54, 1.807) is 79.4 Å². The predicted molar refractivity (Wildman–Crippen MR) is 132 cm³/mol. The lowest BCUT2D eigenvalue weighted by Crippen LogP contribution is -2.15. The van der Waals surface area contributed by atoms with E-state index in [-0.39, 0.29) is 11.8 Å². The Morgan fingerprint density at radius 1 is 0.971 bits per heavy atom. The molecule has 2 amide bonds. The van der Waals surface area contributed by atoms with Gasteiger partial charge in [0, 0.05) is 48.4 Å². The summed E-state index contributed by atoms with van der Waals surface area (Å²) in [6.45, 7) is 0.823. The molecule has 0 saturated carbocycles. The monoisotopic (exact) mass is 465 g/mol. The van der Waals surface area contributed by atoms with Crippen LogP contribution in [0.5, 0.6) is 5.75 Å². The van der Waals surface area contributed by atoms with Crippen LogP contribution >= 0.6 is 0 Å². The number of hydrogen-bond acceptors (Lipinski definition) is 5. The van der Waals surface area contributed by atoms with Crippen molar-refractivity contribution in [2.75, 3.05) is 10.6 Å². The Kier molecular flexibility index (Phi) is 7.51. The minimum Gasteiger partial charge on any atom is -0.489 e. The van der Waals surface area contributed by atoms with Crippen LogP contribution in [-0.2, 0) is 17.9 Å². The fourth-order valence-electron chi connectivity index (χ4n) is 3.38. The van der Waals surface area contributed by atoms with E-state index in [0.717, 1.165) is 5.56 Å². The van der Waals surface area contributed by atoms with E-state index in [9.17, 15) is 9.59 Å². The number of rotatable bonds is 9. The van der Waals surface area contributed by atoms with Gasteiger partial charge in [-0.15, -0.1) is 0 Å². The molecule has 2 N–H and O–H groups in total. The molecule has 4 rings (SSSR count). The quantitative estimate of drug-likeness (QED) is 0.375. The van der Waals surface area contributed by atoms with Crippen LogP contribution in [0.2, 0.25) is 0 Å². The number of hydrogen-bond donors (Lipinski definition) is 2. The summed E-state index contributed by atoms with van der Waals surface area (Å²) in [7, 11) is 0. The summed E-state index contributed by atoms with van der Waals surface area (Å²) < 4.78 is 7.64. The molecular weight excluding hydrogens is 442 g/mol. The fraction of sp³-hybridized carbons (Fsp3) is 0.111. The normalized spacial score (nSPS) is 10.3. The van der Waals surface area contributed by atoms with Crippen molar-refractivity contribution in [3.05, 3.63) is 108 Å². The summed E-state index contributed by atoms with van der Waals surface area (Å²) in [5, 5.41) is 14.7. The van der Waals surface area contributed by atoms with Gasteiger partial charge in [-0.05, 0) is 48.0 Å². The van der Waals surface area contributed by atoms with Crippen LogP contribution in [0.3, 0.4) is 0 Å². The average molecular weight is 466 g/mol. The van der Waals surface area contributed by atoms with Gasteiger partial charge in [0.15, 0.2) is 0 Å². The van der Waals surface area contributed by atoms with Crippen molar-refractivity contribution in [3.8, 4) is 11.8 Å². The molecule has 0 bridgehead atoms. The number of nitrogens with zero attached hydrogens (tertiary/aromatic N) is 3. The smallest absolute Gasteiger partial charge is 0.255 e. The molecule has 1 heterocycles. The lowest BCUT2D eigenvalue weighted by molar-refractivity contribution is -0.116. The second kappa shape index (κ2) is 11.3. The molecule has 8 nitrogen and oxygen atoms in total. The summed E-state index contributed by atoms with van der Waals surface area (Å²) in [5.41, 5.74) is 2.99. The molecule has 0 unspecified atom stereocenters. The molecule has 0 aliphatic rings. The Labute approximate surface area is 202 Å². The van der Waals surface area contributed by atoms with Gasteiger partial charge < -0.3 is 19.9 Å². The predicted octanol–water partition coefficient (Wildman–Crippen LogP) is 4.61. The largest absolute Gasteiger partial charge is 0.489 e. The number of nitriles is 1. The minimum atomic E-state index is -0.307. The first-order valence-corrected chi connectivity index (χ1v) is 11.0. The highest BCUT2D eigenvalue weighted by molar-refractivity contribution is 6.05. The molecule has 35 heavy (non-hydrogen) atoms. The number of aromatic nitrogens is 2. The zero-order valence-electron chi connectivity index (χ0n) is 18.8. The number of aryl methyl sites for hydroxylation is 1. The molecule has 0 atom stereocenters. The van der Waals surface area contributed by atoms with Gasteiger partial charge in [0.1, 0.15) is 12.4 Å². The number of nitrogens with one attached hydrogen (secondary N) is 2. The van der Waals surface area contributed by atoms with Crippen molar-refractivity contribution in [3.63, 3.8) is 0 Å². The maximum absolute atomic E-state index is 12.8. The van der Waals surface area contributed by atoms with Crippen molar-refractivity contribution >= 4 is 23.2 Å². The first-order valence-electron chi connectivity index (χ1n) is 11.0. The molecule has 174 valence electrons. The van der Waals surface area contributed by atoms with Crippen LogP contribution in [0, 0.1) is 11.3 Å². The van der Waals surface area contributed by atoms with Crippen LogP contribution in [0.1, 0.15) is 27.9 Å². The standard InChI is InChI=1S/C27H23N5O3/c28-17-20-4-1-5-21(14-20)18-35-25-9-3-8-24(16-25)31-27(34)22-6-2-7-23(15-22)30-26(33)10-12-32-13-11-29-19-32/h1-9,11,13-16,19H,10,12,18H2,(H,30,33)(H,31,34). The van der Waals surface area contributed by atoms with Crippen molar-refractivity contribution in [1.82, 2.24) is 9.55 Å². The Morgan fingerprint density at radius 3 is 2.57 bits per heavy atom. The number of carbonyl (C=O) groups excluding carboxylic acids is 2. The molecule has 3 aromatic carbocycles. The van der Waals surface area contributed by atoms with Gasteiger partial charge in [-0.1, -0.05) is 24.3 Å². The molecule has 0 fully saturated rings. The van der Waals surface area contributed by atoms with Crippen LogP contribution in [0.25, 0.3) is 0 Å². The average Bonchev–Trinajstić information content (AvgIpc) is 3.41. The molecule has 0 aliphatic heterocycles. The highest BCUT2D eigenvalue weighted by Gasteiger charge is 2.10. The molecule has 0 spiro atoms. The van der Waals surface area contributed by atoms with Gasteiger partial charge in [-0.25, -0.2) is 4.98 Å². The summed E-state index contributed by atoms with van der Waals surface area (Å²) in [5.74, 6) is 0.129. The van der Waals surface area contributed by atoms with Crippen LogP contribution in [0.4, 0.5) is 11.4 Å². The van der Waals surface area contributed by atoms with Crippen molar-refractivity contribution in [2.45, 2.75) is 19.6 Å². The third kappa shape index (κ3) is 6.79. The molecule has 4 aromatic rings. The molecule has 0 radical (unpaired) electrons. The SMILES string of the molecule is N#Cc1cccc(COc2cccc(NC(=O)c3cccc(NC(=O)CCn4ccnc4)c3)c2)c1. The zero-order chi connectivity index (χ0) is 24.5. The van der Waals surface area contributed by atoms with Crippen LogP contribution in [0.15, 0.2) is 91.5 Å². The number of benzene rings is 3. The molecule has 8 heteroatoms. The van der Waals surface area contributed by atoms with E-state index in [2.05, 4.69) is 21.7 Å². The number of anilines is 2. The Bertz CT molecular complexity index is 1360. The summed E-state index contributed by atoms with van der Waals surface area (Å²) in [6.07, 6.45) is 5.41. The Morgan fingerprint density at radius 2 is 1.77 bits per heavy atom. The minimum absolute atomic E-state index is 0.151. The van der Waals surface area contributed by atoms with Gasteiger partial charge in [0.05, 0.1) is 18.0 Å². The third-order valence-corrected chi connectivity index (χ3v) is 5.12. The van der Waals surface area contributed by atoms with Gasteiger partial charge in [-0.3, -0.25) is 9.59 Å². The Hall–Kier alpha value is -4.90. The van der Waals surface area contributed by atoms with E-state index < -0.39 is 0 Å². The first kappa shape index (κ1) is 23.3. The molecule has 1 aromatic heterocycles. The van der Waals surface area contributed by atoms with E-state index in [1.807, 2.05) is 16.7 Å². The highest BCUT2D eigenvalue weighted by atomic mass is 16.5.